The minimum Gasteiger partial charge on any atom is -0.346 e. The number of aromatic nitrogens is 4. The van der Waals surface area contributed by atoms with Gasteiger partial charge in [-0.2, -0.15) is 5.10 Å². The van der Waals surface area contributed by atoms with E-state index in [0.29, 0.717) is 11.3 Å². The Hall–Kier alpha value is -2.10. The van der Waals surface area contributed by atoms with Crippen molar-refractivity contribution >= 4 is 11.0 Å². The van der Waals surface area contributed by atoms with Crippen molar-refractivity contribution in [1.82, 2.24) is 19.7 Å². The highest BCUT2D eigenvalue weighted by Gasteiger charge is 2.28. The first-order valence-electron chi connectivity index (χ1n) is 8.48. The molecule has 4 nitrogen and oxygen atoms in total. The SMILES string of the molecule is Cn1cc(-c2c[nH]c3ncc(C4CCC(C)(C)CC4)cc23)cn1. The molecule has 0 radical (unpaired) electrons. The number of nitrogens with zero attached hydrogens (tertiary/aromatic N) is 3. The van der Waals surface area contributed by atoms with Crippen molar-refractivity contribution < 1.29 is 0 Å². The summed E-state index contributed by atoms with van der Waals surface area (Å²) in [4.78, 5) is 7.95. The van der Waals surface area contributed by atoms with Crippen LogP contribution in [0.3, 0.4) is 0 Å². The lowest BCUT2D eigenvalue weighted by Gasteiger charge is -2.34. The fraction of sp³-hybridized carbons (Fsp3) is 0.474. The number of hydrogen-bond donors (Lipinski definition) is 1. The molecule has 0 bridgehead atoms. The van der Waals surface area contributed by atoms with Gasteiger partial charge in [0.05, 0.1) is 6.20 Å². The largest absolute Gasteiger partial charge is 0.346 e. The lowest BCUT2D eigenvalue weighted by atomic mass is 9.71. The Kier molecular flexibility index (Phi) is 3.29. The van der Waals surface area contributed by atoms with Crippen molar-refractivity contribution in [3.05, 3.63) is 36.4 Å². The number of aryl methyl sites for hydroxylation is 1. The Balaban J connectivity index is 1.70. The molecular formula is C19H24N4. The maximum absolute atomic E-state index is 4.66. The van der Waals surface area contributed by atoms with Crippen LogP contribution in [0.4, 0.5) is 0 Å². The monoisotopic (exact) mass is 308 g/mol. The normalized spacial score (nSPS) is 18.6. The Bertz CT molecular complexity index is 830. The van der Waals surface area contributed by atoms with Crippen LogP contribution in [0.15, 0.2) is 30.9 Å². The lowest BCUT2D eigenvalue weighted by Crippen LogP contribution is -2.20. The van der Waals surface area contributed by atoms with Gasteiger partial charge in [-0.15, -0.1) is 0 Å². The summed E-state index contributed by atoms with van der Waals surface area (Å²) in [6, 6.07) is 2.34. The summed E-state index contributed by atoms with van der Waals surface area (Å²) in [7, 11) is 1.95. The van der Waals surface area contributed by atoms with Crippen molar-refractivity contribution in [2.75, 3.05) is 0 Å². The molecule has 3 aromatic heterocycles. The molecule has 0 amide bonds. The molecule has 3 aromatic rings. The van der Waals surface area contributed by atoms with Gasteiger partial charge in [0.1, 0.15) is 5.65 Å². The third kappa shape index (κ3) is 2.67. The van der Waals surface area contributed by atoms with Crippen LogP contribution in [0.5, 0.6) is 0 Å². The van der Waals surface area contributed by atoms with Gasteiger partial charge in [-0.25, -0.2) is 4.98 Å². The standard InChI is InChI=1S/C19H24N4/c1-19(2)6-4-13(5-7-19)14-8-16-17(11-21-18(16)20-9-14)15-10-22-23(3)12-15/h8-13H,4-7H2,1-3H3,(H,20,21). The van der Waals surface area contributed by atoms with Crippen molar-refractivity contribution in [3.63, 3.8) is 0 Å². The molecule has 1 aliphatic carbocycles. The molecule has 3 heterocycles. The van der Waals surface area contributed by atoms with E-state index in [0.717, 1.165) is 11.2 Å². The van der Waals surface area contributed by atoms with Crippen molar-refractivity contribution in [2.45, 2.75) is 45.4 Å². The maximum Gasteiger partial charge on any atom is 0.137 e. The van der Waals surface area contributed by atoms with Gasteiger partial charge < -0.3 is 4.98 Å². The van der Waals surface area contributed by atoms with E-state index in [1.807, 2.05) is 24.1 Å². The number of rotatable bonds is 2. The molecule has 1 N–H and O–H groups in total. The van der Waals surface area contributed by atoms with E-state index >= 15 is 0 Å². The number of nitrogens with one attached hydrogen (secondary N) is 1. The van der Waals surface area contributed by atoms with E-state index in [2.05, 4.69) is 47.4 Å². The van der Waals surface area contributed by atoms with Gasteiger partial charge in [-0.1, -0.05) is 13.8 Å². The second-order valence-electron chi connectivity index (χ2n) is 7.71. The van der Waals surface area contributed by atoms with Crippen molar-refractivity contribution in [1.29, 1.82) is 0 Å². The molecule has 120 valence electrons. The zero-order valence-corrected chi connectivity index (χ0v) is 14.1. The number of hydrogen-bond acceptors (Lipinski definition) is 2. The van der Waals surface area contributed by atoms with E-state index < -0.39 is 0 Å². The van der Waals surface area contributed by atoms with Crippen LogP contribution >= 0.6 is 0 Å². The van der Waals surface area contributed by atoms with Gasteiger partial charge in [0.15, 0.2) is 0 Å². The second-order valence-corrected chi connectivity index (χ2v) is 7.71. The van der Waals surface area contributed by atoms with E-state index in [-0.39, 0.29) is 0 Å². The Morgan fingerprint density at radius 2 is 2.00 bits per heavy atom. The van der Waals surface area contributed by atoms with Crippen LogP contribution in [0, 0.1) is 5.41 Å². The summed E-state index contributed by atoms with van der Waals surface area (Å²) in [6.45, 7) is 4.77. The lowest BCUT2D eigenvalue weighted by molar-refractivity contribution is 0.224. The zero-order chi connectivity index (χ0) is 16.0. The molecule has 4 rings (SSSR count). The molecule has 0 unspecified atom stereocenters. The van der Waals surface area contributed by atoms with Gasteiger partial charge in [0.2, 0.25) is 0 Å². The molecule has 4 heteroatoms. The van der Waals surface area contributed by atoms with Crippen LogP contribution in [0.1, 0.15) is 51.0 Å². The van der Waals surface area contributed by atoms with Gasteiger partial charge in [0.25, 0.3) is 0 Å². The quantitative estimate of drug-likeness (QED) is 0.749. The summed E-state index contributed by atoms with van der Waals surface area (Å²) in [5.41, 5.74) is 5.19. The van der Waals surface area contributed by atoms with Crippen molar-refractivity contribution in [2.24, 2.45) is 12.5 Å². The fourth-order valence-corrected chi connectivity index (χ4v) is 3.77. The average Bonchev–Trinajstić information content (AvgIpc) is 3.12. The number of pyridine rings is 1. The zero-order valence-electron chi connectivity index (χ0n) is 14.1. The highest BCUT2D eigenvalue weighted by molar-refractivity contribution is 5.93. The first-order valence-corrected chi connectivity index (χ1v) is 8.48. The first kappa shape index (κ1) is 14.5. The predicted molar refractivity (Wildman–Crippen MR) is 93.3 cm³/mol. The Morgan fingerprint density at radius 1 is 1.22 bits per heavy atom. The summed E-state index contributed by atoms with van der Waals surface area (Å²) in [5, 5.41) is 5.50. The molecule has 0 atom stereocenters. The smallest absolute Gasteiger partial charge is 0.137 e. The topological polar surface area (TPSA) is 46.5 Å². The van der Waals surface area contributed by atoms with E-state index in [4.69, 9.17) is 0 Å². The maximum atomic E-state index is 4.66. The molecule has 0 aliphatic heterocycles. The molecule has 0 aromatic carbocycles. The van der Waals surface area contributed by atoms with Crippen LogP contribution in [0.2, 0.25) is 0 Å². The third-order valence-corrected chi connectivity index (χ3v) is 5.38. The summed E-state index contributed by atoms with van der Waals surface area (Å²) >= 11 is 0. The Labute approximate surface area is 136 Å². The number of H-pyrrole nitrogens is 1. The molecule has 1 fully saturated rings. The Morgan fingerprint density at radius 3 is 2.70 bits per heavy atom. The average molecular weight is 308 g/mol. The summed E-state index contributed by atoms with van der Waals surface area (Å²) < 4.78 is 1.84. The highest BCUT2D eigenvalue weighted by atomic mass is 15.2. The highest BCUT2D eigenvalue weighted by Crippen LogP contribution is 2.43. The van der Waals surface area contributed by atoms with Crippen LogP contribution in [0.25, 0.3) is 22.2 Å². The molecule has 0 saturated heterocycles. The molecule has 1 saturated carbocycles. The summed E-state index contributed by atoms with van der Waals surface area (Å²) in [6.07, 6.45) is 13.2. The van der Waals surface area contributed by atoms with Crippen LogP contribution < -0.4 is 0 Å². The second kappa shape index (κ2) is 5.22. The van der Waals surface area contributed by atoms with E-state index in [1.165, 1.54) is 42.2 Å². The van der Waals surface area contributed by atoms with E-state index in [9.17, 15) is 0 Å². The van der Waals surface area contributed by atoms with Gasteiger partial charge in [-0.05, 0) is 48.6 Å². The minimum absolute atomic E-state index is 0.503. The number of aromatic amines is 1. The fourth-order valence-electron chi connectivity index (χ4n) is 3.77. The van der Waals surface area contributed by atoms with Gasteiger partial charge in [-0.3, -0.25) is 4.68 Å². The van der Waals surface area contributed by atoms with Gasteiger partial charge >= 0.3 is 0 Å². The first-order chi connectivity index (χ1) is 11.0. The summed E-state index contributed by atoms with van der Waals surface area (Å²) in [5.74, 6) is 0.650. The predicted octanol–water partition coefficient (Wildman–Crippen LogP) is 4.65. The third-order valence-electron chi connectivity index (χ3n) is 5.38. The van der Waals surface area contributed by atoms with Crippen LogP contribution in [-0.2, 0) is 7.05 Å². The molecule has 0 spiro atoms. The van der Waals surface area contributed by atoms with Gasteiger partial charge in [0, 0.05) is 42.2 Å². The molecule has 23 heavy (non-hydrogen) atoms. The van der Waals surface area contributed by atoms with Crippen LogP contribution in [-0.4, -0.2) is 19.7 Å². The van der Waals surface area contributed by atoms with E-state index in [1.54, 1.807) is 0 Å². The molecule has 1 aliphatic rings. The number of fused-ring (bicyclic) bond motifs is 1. The minimum atomic E-state index is 0.503. The molecular weight excluding hydrogens is 284 g/mol. The van der Waals surface area contributed by atoms with Crippen molar-refractivity contribution in [3.8, 4) is 11.1 Å².